The summed E-state index contributed by atoms with van der Waals surface area (Å²) in [6.07, 6.45) is 10.3. The first kappa shape index (κ1) is 20.2. The van der Waals surface area contributed by atoms with Crippen LogP contribution < -0.4 is 0 Å². The van der Waals surface area contributed by atoms with Crippen molar-refractivity contribution in [3.8, 4) is 0 Å². The van der Waals surface area contributed by atoms with E-state index in [1.165, 1.54) is 51.4 Å². The molecule has 4 heteroatoms. The molecule has 0 N–H and O–H groups in total. The molecule has 0 spiro atoms. The molecule has 3 aliphatic rings. The maximum absolute atomic E-state index is 13.1. The van der Waals surface area contributed by atoms with Crippen LogP contribution in [0.4, 0.5) is 17.6 Å². The Kier molecular flexibility index (Phi) is 6.72. The lowest BCUT2D eigenvalue weighted by Crippen LogP contribution is -2.29. The number of hydrogen-bond acceptors (Lipinski definition) is 0. The van der Waals surface area contributed by atoms with Crippen molar-refractivity contribution in [1.82, 2.24) is 0 Å². The van der Waals surface area contributed by atoms with Crippen molar-refractivity contribution >= 4 is 0 Å². The van der Waals surface area contributed by atoms with Crippen molar-refractivity contribution < 1.29 is 17.6 Å². The molecular weight excluding hydrogens is 340 g/mol. The normalized spacial score (nSPS) is 40.4. The second kappa shape index (κ2) is 8.65. The molecule has 0 atom stereocenters. The zero-order valence-corrected chi connectivity index (χ0v) is 16.0. The van der Waals surface area contributed by atoms with E-state index in [2.05, 4.69) is 6.92 Å². The Labute approximate surface area is 155 Å². The van der Waals surface area contributed by atoms with E-state index in [1.54, 1.807) is 0 Å². The lowest BCUT2D eigenvalue weighted by Gasteiger charge is -2.41. The third kappa shape index (κ3) is 5.25. The molecule has 150 valence electrons. The lowest BCUT2D eigenvalue weighted by molar-refractivity contribution is -0.109. The number of alkyl halides is 3. The third-order valence-corrected chi connectivity index (χ3v) is 7.68. The van der Waals surface area contributed by atoms with Gasteiger partial charge in [0.1, 0.15) is 0 Å². The van der Waals surface area contributed by atoms with Crippen LogP contribution in [0.15, 0.2) is 11.9 Å². The molecule has 0 bridgehead atoms. The SMILES string of the molecule is CC1CCC(C2CCC(C3CCC(C=C(F)C(F)(F)F)CC3)CC2)CC1. The van der Waals surface area contributed by atoms with Gasteiger partial charge in [0.05, 0.1) is 0 Å². The van der Waals surface area contributed by atoms with Gasteiger partial charge in [-0.1, -0.05) is 19.8 Å². The highest BCUT2D eigenvalue weighted by Crippen LogP contribution is 2.46. The Balaban J connectivity index is 1.41. The fourth-order valence-corrected chi connectivity index (χ4v) is 5.93. The highest BCUT2D eigenvalue weighted by molar-refractivity contribution is 5.03. The third-order valence-electron chi connectivity index (χ3n) is 7.68. The summed E-state index contributed by atoms with van der Waals surface area (Å²) in [6, 6.07) is 0. The van der Waals surface area contributed by atoms with Crippen LogP contribution in [0.1, 0.15) is 84.0 Å². The molecule has 0 heterocycles. The molecule has 3 aliphatic carbocycles. The molecule has 0 aliphatic heterocycles. The summed E-state index contributed by atoms with van der Waals surface area (Å²) in [4.78, 5) is 0. The van der Waals surface area contributed by atoms with Crippen LogP contribution >= 0.6 is 0 Å². The minimum Gasteiger partial charge on any atom is -0.202 e. The highest BCUT2D eigenvalue weighted by Gasteiger charge is 2.37. The largest absolute Gasteiger partial charge is 0.442 e. The summed E-state index contributed by atoms with van der Waals surface area (Å²) in [5.41, 5.74) is 0. The van der Waals surface area contributed by atoms with Crippen LogP contribution in [0.3, 0.4) is 0 Å². The highest BCUT2D eigenvalue weighted by atomic mass is 19.4. The van der Waals surface area contributed by atoms with Crippen LogP contribution in [0.5, 0.6) is 0 Å². The van der Waals surface area contributed by atoms with Gasteiger partial charge in [-0.15, -0.1) is 0 Å². The van der Waals surface area contributed by atoms with Gasteiger partial charge in [0.15, 0.2) is 5.83 Å². The summed E-state index contributed by atoms with van der Waals surface area (Å²) in [5, 5.41) is 0. The zero-order chi connectivity index (χ0) is 18.7. The van der Waals surface area contributed by atoms with Gasteiger partial charge < -0.3 is 0 Å². The monoisotopic (exact) mass is 374 g/mol. The second-order valence-corrected chi connectivity index (χ2v) is 9.38. The van der Waals surface area contributed by atoms with Crippen LogP contribution in [-0.4, -0.2) is 6.18 Å². The number of allylic oxidation sites excluding steroid dienone is 2. The Morgan fingerprint density at radius 1 is 0.654 bits per heavy atom. The molecule has 3 rings (SSSR count). The second-order valence-electron chi connectivity index (χ2n) is 9.38. The van der Waals surface area contributed by atoms with E-state index in [0.717, 1.165) is 42.6 Å². The van der Waals surface area contributed by atoms with Gasteiger partial charge in [0, 0.05) is 0 Å². The van der Waals surface area contributed by atoms with Gasteiger partial charge >= 0.3 is 6.18 Å². The molecule has 0 aromatic rings. The van der Waals surface area contributed by atoms with Crippen LogP contribution in [0.2, 0.25) is 0 Å². The predicted molar refractivity (Wildman–Crippen MR) is 97.3 cm³/mol. The minimum absolute atomic E-state index is 0.228. The summed E-state index contributed by atoms with van der Waals surface area (Å²) < 4.78 is 50.1. The molecule has 3 fully saturated rings. The molecule has 0 aromatic carbocycles. The maximum atomic E-state index is 13.1. The van der Waals surface area contributed by atoms with Gasteiger partial charge in [-0.05, 0) is 106 Å². The fourth-order valence-electron chi connectivity index (χ4n) is 5.93. The summed E-state index contributed by atoms with van der Waals surface area (Å²) in [6.45, 7) is 2.37. The summed E-state index contributed by atoms with van der Waals surface area (Å²) in [7, 11) is 0. The molecule has 0 unspecified atom stereocenters. The lowest BCUT2D eigenvalue weighted by atomic mass is 9.65. The minimum atomic E-state index is -4.81. The van der Waals surface area contributed by atoms with Gasteiger partial charge in [0.2, 0.25) is 0 Å². The van der Waals surface area contributed by atoms with E-state index in [9.17, 15) is 17.6 Å². The maximum Gasteiger partial charge on any atom is 0.442 e. The van der Waals surface area contributed by atoms with E-state index in [4.69, 9.17) is 0 Å². The predicted octanol–water partition coefficient (Wildman–Crippen LogP) is 7.84. The number of hydrogen-bond donors (Lipinski definition) is 0. The van der Waals surface area contributed by atoms with E-state index in [1.807, 2.05) is 0 Å². The average molecular weight is 375 g/mol. The average Bonchev–Trinajstić information content (AvgIpc) is 2.62. The van der Waals surface area contributed by atoms with E-state index in [0.29, 0.717) is 18.8 Å². The molecule has 3 saturated carbocycles. The standard InChI is InChI=1S/C22H34F4/c1-15-2-6-17(7-3-15)19-10-12-20(13-11-19)18-8-4-16(5-9-18)14-21(23)22(24,25)26/h14-20H,2-13H2,1H3. The van der Waals surface area contributed by atoms with Crippen molar-refractivity contribution in [2.24, 2.45) is 35.5 Å². The van der Waals surface area contributed by atoms with E-state index < -0.39 is 12.0 Å². The number of rotatable bonds is 3. The van der Waals surface area contributed by atoms with E-state index >= 15 is 0 Å². The van der Waals surface area contributed by atoms with Gasteiger partial charge in [-0.2, -0.15) is 13.2 Å². The first-order valence-electron chi connectivity index (χ1n) is 10.8. The first-order chi connectivity index (χ1) is 12.3. The smallest absolute Gasteiger partial charge is 0.202 e. The van der Waals surface area contributed by atoms with Crippen LogP contribution in [0.25, 0.3) is 0 Å². The summed E-state index contributed by atoms with van der Waals surface area (Å²) >= 11 is 0. The van der Waals surface area contributed by atoms with Crippen molar-refractivity contribution in [3.05, 3.63) is 11.9 Å². The van der Waals surface area contributed by atoms with Gasteiger partial charge in [-0.25, -0.2) is 4.39 Å². The topological polar surface area (TPSA) is 0 Å². The van der Waals surface area contributed by atoms with Crippen molar-refractivity contribution in [2.75, 3.05) is 0 Å². The van der Waals surface area contributed by atoms with Crippen molar-refractivity contribution in [1.29, 1.82) is 0 Å². The molecule has 0 nitrogen and oxygen atoms in total. The Hall–Kier alpha value is -0.540. The number of halogens is 4. The molecular formula is C22H34F4. The summed E-state index contributed by atoms with van der Waals surface area (Å²) in [5.74, 6) is 2.05. The van der Waals surface area contributed by atoms with Crippen LogP contribution in [-0.2, 0) is 0 Å². The van der Waals surface area contributed by atoms with Crippen molar-refractivity contribution in [2.45, 2.75) is 90.1 Å². The Morgan fingerprint density at radius 3 is 1.38 bits per heavy atom. The van der Waals surface area contributed by atoms with Crippen LogP contribution in [0, 0.1) is 35.5 Å². The molecule has 0 radical (unpaired) electrons. The van der Waals surface area contributed by atoms with Crippen molar-refractivity contribution in [3.63, 3.8) is 0 Å². The molecule has 26 heavy (non-hydrogen) atoms. The van der Waals surface area contributed by atoms with Gasteiger partial charge in [-0.3, -0.25) is 0 Å². The molecule has 0 saturated heterocycles. The Bertz CT molecular complexity index is 457. The quantitative estimate of drug-likeness (QED) is 0.441. The van der Waals surface area contributed by atoms with E-state index in [-0.39, 0.29) is 5.92 Å². The van der Waals surface area contributed by atoms with Gasteiger partial charge in [0.25, 0.3) is 0 Å². The molecule has 0 amide bonds. The Morgan fingerprint density at radius 2 is 1.00 bits per heavy atom. The molecule has 0 aromatic heterocycles. The zero-order valence-electron chi connectivity index (χ0n) is 16.0. The fraction of sp³-hybridized carbons (Fsp3) is 0.909. The first-order valence-corrected chi connectivity index (χ1v) is 10.8.